The fourth-order valence-electron chi connectivity index (χ4n) is 1.59. The van der Waals surface area contributed by atoms with E-state index in [1.54, 1.807) is 38.1 Å². The normalized spacial score (nSPS) is 10.0. The SMILES string of the molecule is CCOc1ccc(OCC(=O)OCC(=O)NC(=O)NC(C)C)cc1. The minimum atomic E-state index is -0.720. The van der Waals surface area contributed by atoms with E-state index in [0.29, 0.717) is 18.1 Å². The number of amides is 3. The zero-order valence-corrected chi connectivity index (χ0v) is 14.0. The Bertz CT molecular complexity index is 556. The highest BCUT2D eigenvalue weighted by Crippen LogP contribution is 2.17. The number of carbonyl (C=O) groups is 3. The number of nitrogens with one attached hydrogen (secondary N) is 2. The van der Waals surface area contributed by atoms with Crippen LogP contribution in [0.2, 0.25) is 0 Å². The van der Waals surface area contributed by atoms with Crippen LogP contribution in [0.3, 0.4) is 0 Å². The molecule has 132 valence electrons. The van der Waals surface area contributed by atoms with Gasteiger partial charge < -0.3 is 19.5 Å². The molecule has 0 spiro atoms. The molecule has 0 unspecified atom stereocenters. The summed E-state index contributed by atoms with van der Waals surface area (Å²) < 4.78 is 15.2. The molecule has 0 aliphatic rings. The maximum absolute atomic E-state index is 11.5. The van der Waals surface area contributed by atoms with Crippen LogP contribution in [0.5, 0.6) is 11.5 Å². The minimum Gasteiger partial charge on any atom is -0.494 e. The van der Waals surface area contributed by atoms with Gasteiger partial charge in [0.2, 0.25) is 0 Å². The van der Waals surface area contributed by atoms with Gasteiger partial charge in [0.05, 0.1) is 6.61 Å². The van der Waals surface area contributed by atoms with Crippen molar-refractivity contribution in [2.45, 2.75) is 26.8 Å². The van der Waals surface area contributed by atoms with E-state index in [2.05, 4.69) is 5.32 Å². The predicted octanol–water partition coefficient (Wildman–Crippen LogP) is 1.24. The molecule has 24 heavy (non-hydrogen) atoms. The summed E-state index contributed by atoms with van der Waals surface area (Å²) in [7, 11) is 0. The Morgan fingerprint density at radius 1 is 1.00 bits per heavy atom. The van der Waals surface area contributed by atoms with Crippen molar-refractivity contribution in [3.8, 4) is 11.5 Å². The number of hydrogen-bond donors (Lipinski definition) is 2. The number of esters is 1. The van der Waals surface area contributed by atoms with Crippen molar-refractivity contribution < 1.29 is 28.6 Å². The summed E-state index contributed by atoms with van der Waals surface area (Å²) in [4.78, 5) is 34.2. The molecule has 3 amide bonds. The number of imide groups is 1. The van der Waals surface area contributed by atoms with E-state index in [-0.39, 0.29) is 12.6 Å². The van der Waals surface area contributed by atoms with E-state index in [1.807, 2.05) is 12.2 Å². The van der Waals surface area contributed by atoms with E-state index in [0.717, 1.165) is 0 Å². The molecule has 8 nitrogen and oxygen atoms in total. The van der Waals surface area contributed by atoms with Crippen LogP contribution in [0.4, 0.5) is 4.79 Å². The number of ether oxygens (including phenoxy) is 3. The Morgan fingerprint density at radius 2 is 1.58 bits per heavy atom. The van der Waals surface area contributed by atoms with Crippen LogP contribution >= 0.6 is 0 Å². The van der Waals surface area contributed by atoms with Crippen molar-refractivity contribution in [3.05, 3.63) is 24.3 Å². The second-order valence-corrected chi connectivity index (χ2v) is 5.03. The fraction of sp³-hybridized carbons (Fsp3) is 0.438. The van der Waals surface area contributed by atoms with Gasteiger partial charge in [0.25, 0.3) is 5.91 Å². The van der Waals surface area contributed by atoms with Gasteiger partial charge in [-0.05, 0) is 45.0 Å². The molecule has 0 atom stereocenters. The highest BCUT2D eigenvalue weighted by molar-refractivity contribution is 5.95. The molecule has 0 radical (unpaired) electrons. The maximum Gasteiger partial charge on any atom is 0.344 e. The summed E-state index contributed by atoms with van der Waals surface area (Å²) in [6.45, 7) is 5.04. The number of carbonyl (C=O) groups excluding carboxylic acids is 3. The Hall–Kier alpha value is -2.77. The predicted molar refractivity (Wildman–Crippen MR) is 85.9 cm³/mol. The maximum atomic E-state index is 11.5. The molecule has 0 aliphatic heterocycles. The van der Waals surface area contributed by atoms with Crippen LogP contribution in [-0.2, 0) is 14.3 Å². The Morgan fingerprint density at radius 3 is 2.12 bits per heavy atom. The van der Waals surface area contributed by atoms with Gasteiger partial charge in [-0.25, -0.2) is 9.59 Å². The third-order valence-corrected chi connectivity index (χ3v) is 2.53. The van der Waals surface area contributed by atoms with Crippen molar-refractivity contribution in [1.29, 1.82) is 0 Å². The third-order valence-electron chi connectivity index (χ3n) is 2.53. The molecular weight excluding hydrogens is 316 g/mol. The van der Waals surface area contributed by atoms with Crippen LogP contribution in [0, 0.1) is 0 Å². The first-order valence-electron chi connectivity index (χ1n) is 7.52. The van der Waals surface area contributed by atoms with Gasteiger partial charge in [0, 0.05) is 6.04 Å². The molecule has 0 bridgehead atoms. The van der Waals surface area contributed by atoms with Crippen LogP contribution in [-0.4, -0.2) is 43.8 Å². The van der Waals surface area contributed by atoms with Gasteiger partial charge in [-0.3, -0.25) is 10.1 Å². The lowest BCUT2D eigenvalue weighted by Gasteiger charge is -2.10. The highest BCUT2D eigenvalue weighted by atomic mass is 16.6. The van der Waals surface area contributed by atoms with Gasteiger partial charge in [0.15, 0.2) is 13.2 Å². The molecule has 0 aliphatic carbocycles. The van der Waals surface area contributed by atoms with Crippen LogP contribution in [0.25, 0.3) is 0 Å². The molecule has 1 rings (SSSR count). The number of urea groups is 1. The Balaban J connectivity index is 2.26. The minimum absolute atomic E-state index is 0.108. The quantitative estimate of drug-likeness (QED) is 0.691. The van der Waals surface area contributed by atoms with Crippen molar-refractivity contribution in [3.63, 3.8) is 0 Å². The number of benzene rings is 1. The van der Waals surface area contributed by atoms with E-state index in [1.165, 1.54) is 0 Å². The molecule has 8 heteroatoms. The second kappa shape index (κ2) is 10.1. The molecule has 0 saturated heterocycles. The summed E-state index contributed by atoms with van der Waals surface area (Å²) in [6.07, 6.45) is 0. The smallest absolute Gasteiger partial charge is 0.344 e. The van der Waals surface area contributed by atoms with Gasteiger partial charge >= 0.3 is 12.0 Å². The summed E-state index contributed by atoms with van der Waals surface area (Å²) in [5.74, 6) is -0.272. The summed E-state index contributed by atoms with van der Waals surface area (Å²) in [5, 5.41) is 4.51. The van der Waals surface area contributed by atoms with Crippen LogP contribution in [0.15, 0.2) is 24.3 Å². The molecule has 1 aromatic carbocycles. The van der Waals surface area contributed by atoms with Crippen molar-refractivity contribution in [2.75, 3.05) is 19.8 Å². The zero-order valence-electron chi connectivity index (χ0n) is 14.0. The second-order valence-electron chi connectivity index (χ2n) is 5.03. The van der Waals surface area contributed by atoms with Gasteiger partial charge in [-0.1, -0.05) is 0 Å². The zero-order chi connectivity index (χ0) is 17.9. The fourth-order valence-corrected chi connectivity index (χ4v) is 1.59. The molecule has 0 aromatic heterocycles. The van der Waals surface area contributed by atoms with Gasteiger partial charge in [-0.2, -0.15) is 0 Å². The Labute approximate surface area is 140 Å². The first kappa shape index (κ1) is 19.3. The highest BCUT2D eigenvalue weighted by Gasteiger charge is 2.12. The van der Waals surface area contributed by atoms with Crippen molar-refractivity contribution >= 4 is 17.9 Å². The largest absolute Gasteiger partial charge is 0.494 e. The number of hydrogen-bond acceptors (Lipinski definition) is 6. The van der Waals surface area contributed by atoms with Gasteiger partial charge in [0.1, 0.15) is 11.5 Å². The van der Waals surface area contributed by atoms with Crippen LogP contribution in [0.1, 0.15) is 20.8 Å². The third kappa shape index (κ3) is 8.02. The Kier molecular flexibility index (Phi) is 8.10. The molecule has 0 heterocycles. The average Bonchev–Trinajstić information content (AvgIpc) is 2.51. The van der Waals surface area contributed by atoms with E-state index in [9.17, 15) is 14.4 Å². The van der Waals surface area contributed by atoms with E-state index >= 15 is 0 Å². The first-order valence-corrected chi connectivity index (χ1v) is 7.52. The summed E-state index contributed by atoms with van der Waals surface area (Å²) >= 11 is 0. The van der Waals surface area contributed by atoms with E-state index in [4.69, 9.17) is 14.2 Å². The number of rotatable bonds is 8. The lowest BCUT2D eigenvalue weighted by Crippen LogP contribution is -2.44. The van der Waals surface area contributed by atoms with Crippen molar-refractivity contribution in [1.82, 2.24) is 10.6 Å². The first-order chi connectivity index (χ1) is 11.4. The lowest BCUT2D eigenvalue weighted by molar-refractivity contribution is -0.150. The van der Waals surface area contributed by atoms with Gasteiger partial charge in [-0.15, -0.1) is 0 Å². The standard InChI is InChI=1S/C16H22N2O6/c1-4-22-12-5-7-13(8-6-12)23-10-15(20)24-9-14(19)18-16(21)17-11(2)3/h5-8,11H,4,9-10H2,1-3H3,(H2,17,18,19,21). The average molecular weight is 338 g/mol. The topological polar surface area (TPSA) is 103 Å². The summed E-state index contributed by atoms with van der Waals surface area (Å²) in [5.41, 5.74) is 0. The molecule has 1 aromatic rings. The molecule has 0 fully saturated rings. The summed E-state index contributed by atoms with van der Waals surface area (Å²) in [6, 6.07) is 5.98. The van der Waals surface area contributed by atoms with Crippen molar-refractivity contribution in [2.24, 2.45) is 0 Å². The van der Waals surface area contributed by atoms with E-state index < -0.39 is 24.5 Å². The van der Waals surface area contributed by atoms with Crippen LogP contribution < -0.4 is 20.1 Å². The molecule has 0 saturated carbocycles. The molecular formula is C16H22N2O6. The molecule has 2 N–H and O–H groups in total. The lowest BCUT2D eigenvalue weighted by atomic mass is 10.3. The monoisotopic (exact) mass is 338 g/mol.